The summed E-state index contributed by atoms with van der Waals surface area (Å²) >= 11 is 0. The molecule has 0 bridgehead atoms. The van der Waals surface area contributed by atoms with Gasteiger partial charge in [-0.05, 0) is 25.2 Å². The number of carbonyl (C=O) groups excluding carboxylic acids is 1. The van der Waals surface area contributed by atoms with E-state index in [4.69, 9.17) is 0 Å². The van der Waals surface area contributed by atoms with Gasteiger partial charge in [-0.15, -0.1) is 0 Å². The number of amides is 1. The second-order valence-electron chi connectivity index (χ2n) is 6.63. The van der Waals surface area contributed by atoms with Crippen LogP contribution in [0.25, 0.3) is 0 Å². The number of carbonyl (C=O) groups is 1. The molecule has 2 aliphatic rings. The molecule has 3 unspecified atom stereocenters. The summed E-state index contributed by atoms with van der Waals surface area (Å²) in [5.41, 5.74) is 0. The Bertz CT molecular complexity index is 319. The van der Waals surface area contributed by atoms with E-state index in [-0.39, 0.29) is 11.9 Å². The summed E-state index contributed by atoms with van der Waals surface area (Å²) in [6.07, 6.45) is 7.91. The summed E-state index contributed by atoms with van der Waals surface area (Å²) < 4.78 is 0. The lowest BCUT2D eigenvalue weighted by Crippen LogP contribution is -2.60. The van der Waals surface area contributed by atoms with E-state index in [2.05, 4.69) is 17.1 Å². The van der Waals surface area contributed by atoms with Gasteiger partial charge in [0.2, 0.25) is 5.91 Å². The molecule has 4 nitrogen and oxygen atoms in total. The largest absolute Gasteiger partial charge is 0.347 e. The van der Waals surface area contributed by atoms with Crippen LogP contribution in [0.5, 0.6) is 0 Å². The van der Waals surface area contributed by atoms with Crippen LogP contribution in [0.15, 0.2) is 0 Å². The molecule has 0 aromatic rings. The van der Waals surface area contributed by atoms with Crippen molar-refractivity contribution in [1.29, 1.82) is 0 Å². The SMILES string of the molecule is CCC1CCCC(N2CCNCC2C(=O)N(C)C)CC1. The quantitative estimate of drug-likeness (QED) is 0.800. The number of hydrogen-bond acceptors (Lipinski definition) is 3. The molecule has 1 aliphatic heterocycles. The Labute approximate surface area is 123 Å². The zero-order valence-corrected chi connectivity index (χ0v) is 13.4. The summed E-state index contributed by atoms with van der Waals surface area (Å²) in [5.74, 6) is 1.17. The van der Waals surface area contributed by atoms with Gasteiger partial charge in [0.05, 0.1) is 0 Å². The molecule has 2 rings (SSSR count). The fraction of sp³-hybridized carbons (Fsp3) is 0.938. The molecule has 0 radical (unpaired) electrons. The highest BCUT2D eigenvalue weighted by Crippen LogP contribution is 2.29. The van der Waals surface area contributed by atoms with Crippen molar-refractivity contribution in [2.45, 2.75) is 57.5 Å². The topological polar surface area (TPSA) is 35.6 Å². The van der Waals surface area contributed by atoms with Crippen LogP contribution in [0.4, 0.5) is 0 Å². The third kappa shape index (κ3) is 3.73. The monoisotopic (exact) mass is 281 g/mol. The van der Waals surface area contributed by atoms with E-state index < -0.39 is 0 Å². The number of nitrogens with zero attached hydrogens (tertiary/aromatic N) is 2. The maximum absolute atomic E-state index is 12.4. The van der Waals surface area contributed by atoms with Crippen LogP contribution < -0.4 is 5.32 Å². The molecule has 1 saturated carbocycles. The van der Waals surface area contributed by atoms with Crippen LogP contribution in [0, 0.1) is 5.92 Å². The number of likely N-dealkylation sites (N-methyl/N-ethyl adjacent to an activating group) is 1. The Hall–Kier alpha value is -0.610. The summed E-state index contributed by atoms with van der Waals surface area (Å²) in [6, 6.07) is 0.657. The van der Waals surface area contributed by atoms with E-state index in [0.29, 0.717) is 6.04 Å². The third-order valence-electron chi connectivity index (χ3n) is 5.11. The normalized spacial score (nSPS) is 32.6. The summed E-state index contributed by atoms with van der Waals surface area (Å²) in [4.78, 5) is 16.6. The Kier molecular flexibility index (Phi) is 5.85. The lowest BCUT2D eigenvalue weighted by Gasteiger charge is -2.41. The second-order valence-corrected chi connectivity index (χ2v) is 6.63. The molecular formula is C16H31N3O. The van der Waals surface area contributed by atoms with Gasteiger partial charge < -0.3 is 10.2 Å². The Balaban J connectivity index is 2.02. The molecule has 3 atom stereocenters. The minimum Gasteiger partial charge on any atom is -0.347 e. The van der Waals surface area contributed by atoms with E-state index in [0.717, 1.165) is 25.6 Å². The van der Waals surface area contributed by atoms with Crippen molar-refractivity contribution in [1.82, 2.24) is 15.1 Å². The van der Waals surface area contributed by atoms with Crippen LogP contribution >= 0.6 is 0 Å². The third-order valence-corrected chi connectivity index (χ3v) is 5.11. The van der Waals surface area contributed by atoms with Gasteiger partial charge >= 0.3 is 0 Å². The van der Waals surface area contributed by atoms with Crippen molar-refractivity contribution in [3.05, 3.63) is 0 Å². The van der Waals surface area contributed by atoms with Gasteiger partial charge in [-0.25, -0.2) is 0 Å². The molecular weight excluding hydrogens is 250 g/mol. The van der Waals surface area contributed by atoms with Crippen LogP contribution in [-0.4, -0.2) is 61.5 Å². The van der Waals surface area contributed by atoms with Gasteiger partial charge in [0, 0.05) is 39.8 Å². The first-order valence-corrected chi connectivity index (χ1v) is 8.31. The number of hydrogen-bond donors (Lipinski definition) is 1. The minimum atomic E-state index is 0.0435. The van der Waals surface area contributed by atoms with Gasteiger partial charge in [0.15, 0.2) is 0 Å². The average Bonchev–Trinajstić information content (AvgIpc) is 2.71. The smallest absolute Gasteiger partial charge is 0.240 e. The van der Waals surface area contributed by atoms with E-state index in [1.54, 1.807) is 4.90 Å². The first kappa shape index (κ1) is 15.8. The standard InChI is InChI=1S/C16H31N3O/c1-4-13-6-5-7-14(9-8-13)19-11-10-17-12-15(19)16(20)18(2)3/h13-15,17H,4-12H2,1-3H3. The van der Waals surface area contributed by atoms with Crippen molar-refractivity contribution in [3.8, 4) is 0 Å². The Morgan fingerprint density at radius 2 is 2.05 bits per heavy atom. The predicted octanol–water partition coefficient (Wildman–Crippen LogP) is 1.71. The lowest BCUT2D eigenvalue weighted by atomic mass is 9.97. The highest BCUT2D eigenvalue weighted by molar-refractivity contribution is 5.81. The van der Waals surface area contributed by atoms with Crippen molar-refractivity contribution >= 4 is 5.91 Å². The summed E-state index contributed by atoms with van der Waals surface area (Å²) in [5, 5.41) is 3.39. The summed E-state index contributed by atoms with van der Waals surface area (Å²) in [7, 11) is 3.74. The zero-order chi connectivity index (χ0) is 14.5. The molecule has 20 heavy (non-hydrogen) atoms. The lowest BCUT2D eigenvalue weighted by molar-refractivity contribution is -0.136. The second kappa shape index (κ2) is 7.41. The van der Waals surface area contributed by atoms with Crippen LogP contribution in [-0.2, 0) is 4.79 Å². The Morgan fingerprint density at radius 1 is 1.25 bits per heavy atom. The van der Waals surface area contributed by atoms with Gasteiger partial charge in [0.1, 0.15) is 6.04 Å². The molecule has 0 aromatic heterocycles. The molecule has 4 heteroatoms. The number of rotatable bonds is 3. The predicted molar refractivity (Wildman–Crippen MR) is 82.7 cm³/mol. The first-order valence-electron chi connectivity index (χ1n) is 8.31. The van der Waals surface area contributed by atoms with Crippen molar-refractivity contribution < 1.29 is 4.79 Å². The van der Waals surface area contributed by atoms with Crippen molar-refractivity contribution in [2.24, 2.45) is 5.92 Å². The fourth-order valence-corrected chi connectivity index (χ4v) is 3.78. The highest BCUT2D eigenvalue weighted by atomic mass is 16.2. The van der Waals surface area contributed by atoms with Gasteiger partial charge in [-0.2, -0.15) is 0 Å². The molecule has 1 saturated heterocycles. The van der Waals surface area contributed by atoms with Gasteiger partial charge in [0.25, 0.3) is 0 Å². The maximum atomic E-state index is 12.4. The summed E-state index contributed by atoms with van der Waals surface area (Å²) in [6.45, 7) is 5.16. The molecule has 0 aromatic carbocycles. The molecule has 116 valence electrons. The van der Waals surface area contributed by atoms with Gasteiger partial charge in [-0.3, -0.25) is 9.69 Å². The fourth-order valence-electron chi connectivity index (χ4n) is 3.78. The molecule has 1 N–H and O–H groups in total. The Morgan fingerprint density at radius 3 is 2.75 bits per heavy atom. The van der Waals surface area contributed by atoms with E-state index in [9.17, 15) is 4.79 Å². The maximum Gasteiger partial charge on any atom is 0.240 e. The molecule has 1 amide bonds. The molecule has 1 aliphatic carbocycles. The average molecular weight is 281 g/mol. The van der Waals surface area contributed by atoms with Crippen LogP contribution in [0.3, 0.4) is 0 Å². The number of nitrogens with one attached hydrogen (secondary N) is 1. The zero-order valence-electron chi connectivity index (χ0n) is 13.4. The minimum absolute atomic E-state index is 0.0435. The van der Waals surface area contributed by atoms with Gasteiger partial charge in [-0.1, -0.05) is 26.2 Å². The van der Waals surface area contributed by atoms with E-state index in [1.807, 2.05) is 14.1 Å². The van der Waals surface area contributed by atoms with Crippen LogP contribution in [0.2, 0.25) is 0 Å². The number of piperazine rings is 1. The van der Waals surface area contributed by atoms with E-state index >= 15 is 0 Å². The molecule has 0 spiro atoms. The molecule has 2 fully saturated rings. The first-order chi connectivity index (χ1) is 9.63. The van der Waals surface area contributed by atoms with Crippen LogP contribution in [0.1, 0.15) is 45.4 Å². The van der Waals surface area contributed by atoms with Crippen molar-refractivity contribution in [2.75, 3.05) is 33.7 Å². The van der Waals surface area contributed by atoms with E-state index in [1.165, 1.54) is 38.5 Å². The molecule has 1 heterocycles. The van der Waals surface area contributed by atoms with Crippen molar-refractivity contribution in [3.63, 3.8) is 0 Å². The highest BCUT2D eigenvalue weighted by Gasteiger charge is 2.34.